The third kappa shape index (κ3) is 22.2. The molecular formula is C32H68CrO4P2. The SMILES string of the molecule is CCCCCCC(C)P(=O)([O-])C(C)CCCCCC.CCCCCCC(C)P(=O)([O-])C(C)CCCCCC.[Cr+2]. The van der Waals surface area contributed by atoms with Crippen molar-refractivity contribution in [3.63, 3.8) is 0 Å². The molecule has 0 aromatic heterocycles. The normalized spacial score (nSPS) is 17.5. The smallest absolute Gasteiger partial charge is 0.799 e. The second-order valence-corrected chi connectivity index (χ2v) is 18.2. The van der Waals surface area contributed by atoms with Crippen LogP contribution in [0.25, 0.3) is 0 Å². The average Bonchev–Trinajstić information content (AvgIpc) is 2.89. The van der Waals surface area contributed by atoms with Gasteiger partial charge in [-0.15, -0.1) is 0 Å². The Labute approximate surface area is 256 Å². The predicted molar refractivity (Wildman–Crippen MR) is 168 cm³/mol. The third-order valence-electron chi connectivity index (χ3n) is 8.36. The molecule has 236 valence electrons. The number of hydrogen-bond donors (Lipinski definition) is 0. The Morgan fingerprint density at radius 3 is 0.744 bits per heavy atom. The summed E-state index contributed by atoms with van der Waals surface area (Å²) in [6, 6.07) is 0. The summed E-state index contributed by atoms with van der Waals surface area (Å²) in [7, 11) is -6.44. The van der Waals surface area contributed by atoms with Crippen LogP contribution in [0.4, 0.5) is 0 Å². The Kier molecular flexibility index (Phi) is 31.5. The molecule has 7 heteroatoms. The van der Waals surface area contributed by atoms with Crippen LogP contribution in [0.1, 0.15) is 184 Å². The summed E-state index contributed by atoms with van der Waals surface area (Å²) in [5.41, 5.74) is -0.535. The molecule has 4 unspecified atom stereocenters. The van der Waals surface area contributed by atoms with Crippen LogP contribution < -0.4 is 9.79 Å². The summed E-state index contributed by atoms with van der Waals surface area (Å²) in [6.07, 6.45) is 22.0. The quantitative estimate of drug-likeness (QED) is 0.0785. The van der Waals surface area contributed by atoms with E-state index in [0.717, 1.165) is 51.4 Å². The first-order valence-corrected chi connectivity index (χ1v) is 20.1. The van der Waals surface area contributed by atoms with Crippen molar-refractivity contribution in [3.05, 3.63) is 0 Å². The van der Waals surface area contributed by atoms with E-state index in [2.05, 4.69) is 27.7 Å². The van der Waals surface area contributed by atoms with Crippen LogP contribution in [0.15, 0.2) is 0 Å². The van der Waals surface area contributed by atoms with Gasteiger partial charge in [-0.2, -0.15) is 0 Å². The summed E-state index contributed by atoms with van der Waals surface area (Å²) in [5, 5.41) is 0. The van der Waals surface area contributed by atoms with E-state index >= 15 is 0 Å². The van der Waals surface area contributed by atoms with Crippen LogP contribution in [0, 0.1) is 0 Å². The van der Waals surface area contributed by atoms with Gasteiger partial charge >= 0.3 is 17.4 Å². The molecule has 0 aromatic rings. The molecule has 0 aliphatic rings. The van der Waals surface area contributed by atoms with E-state index in [0.29, 0.717) is 0 Å². The van der Waals surface area contributed by atoms with E-state index in [4.69, 9.17) is 0 Å². The van der Waals surface area contributed by atoms with Gasteiger partial charge in [0, 0.05) is 14.7 Å². The zero-order valence-electron chi connectivity index (χ0n) is 27.4. The fourth-order valence-corrected chi connectivity index (χ4v) is 8.96. The molecule has 0 N–H and O–H groups in total. The summed E-state index contributed by atoms with van der Waals surface area (Å²) in [5.74, 6) is 0. The Morgan fingerprint density at radius 1 is 0.410 bits per heavy atom. The molecule has 0 bridgehead atoms. The first-order valence-electron chi connectivity index (χ1n) is 16.5. The van der Waals surface area contributed by atoms with Gasteiger partial charge in [-0.25, -0.2) is 0 Å². The van der Waals surface area contributed by atoms with E-state index in [1.165, 1.54) is 77.0 Å². The molecule has 0 radical (unpaired) electrons. The average molecular weight is 631 g/mol. The second kappa shape index (κ2) is 27.7. The topological polar surface area (TPSA) is 80.3 Å². The fraction of sp³-hybridized carbons (Fsp3) is 1.00. The Hall–Kier alpha value is 0.912. The van der Waals surface area contributed by atoms with E-state index in [-0.39, 0.29) is 40.0 Å². The molecule has 39 heavy (non-hydrogen) atoms. The molecule has 4 atom stereocenters. The fourth-order valence-electron chi connectivity index (χ4n) is 5.05. The summed E-state index contributed by atoms with van der Waals surface area (Å²) in [4.78, 5) is 24.8. The van der Waals surface area contributed by atoms with Gasteiger partial charge in [0.2, 0.25) is 0 Å². The van der Waals surface area contributed by atoms with Crippen molar-refractivity contribution in [1.82, 2.24) is 0 Å². The third-order valence-corrected chi connectivity index (χ3v) is 14.3. The Balaban J connectivity index is -0.000000648. The van der Waals surface area contributed by atoms with Gasteiger partial charge in [0.05, 0.1) is 0 Å². The first-order chi connectivity index (χ1) is 17.9. The minimum atomic E-state index is -3.22. The second-order valence-electron chi connectivity index (χ2n) is 12.1. The van der Waals surface area contributed by atoms with Crippen LogP contribution in [-0.4, -0.2) is 22.6 Å². The van der Waals surface area contributed by atoms with Gasteiger partial charge < -0.3 is 18.9 Å². The van der Waals surface area contributed by atoms with Gasteiger partial charge in [-0.3, -0.25) is 0 Å². The zero-order valence-corrected chi connectivity index (χ0v) is 30.5. The molecule has 0 amide bonds. The van der Waals surface area contributed by atoms with Crippen molar-refractivity contribution < 1.29 is 36.3 Å². The molecule has 0 aliphatic carbocycles. The minimum absolute atomic E-state index is 0. The Bertz CT molecular complexity index is 521. The van der Waals surface area contributed by atoms with Crippen molar-refractivity contribution in [2.45, 2.75) is 206 Å². The Morgan fingerprint density at radius 2 is 0.590 bits per heavy atom. The van der Waals surface area contributed by atoms with Crippen LogP contribution in [0.2, 0.25) is 0 Å². The van der Waals surface area contributed by atoms with Gasteiger partial charge in [-0.1, -0.05) is 158 Å². The van der Waals surface area contributed by atoms with Crippen molar-refractivity contribution in [3.8, 4) is 0 Å². The van der Waals surface area contributed by atoms with Gasteiger partial charge in [0.25, 0.3) is 0 Å². The summed E-state index contributed by atoms with van der Waals surface area (Å²) < 4.78 is 24.8. The summed E-state index contributed by atoms with van der Waals surface area (Å²) in [6.45, 7) is 16.3. The van der Waals surface area contributed by atoms with Crippen molar-refractivity contribution >= 4 is 14.7 Å². The molecule has 4 nitrogen and oxygen atoms in total. The van der Waals surface area contributed by atoms with Crippen LogP contribution in [-0.2, 0) is 26.5 Å². The molecule has 0 aromatic carbocycles. The molecule has 0 fully saturated rings. The molecule has 0 aliphatic heterocycles. The number of hydrogen-bond acceptors (Lipinski definition) is 4. The van der Waals surface area contributed by atoms with Crippen molar-refractivity contribution in [1.29, 1.82) is 0 Å². The number of rotatable bonds is 24. The minimum Gasteiger partial charge on any atom is -0.799 e. The van der Waals surface area contributed by atoms with Crippen molar-refractivity contribution in [2.24, 2.45) is 0 Å². The van der Waals surface area contributed by atoms with E-state index in [9.17, 15) is 18.9 Å². The van der Waals surface area contributed by atoms with Gasteiger partial charge in [0.1, 0.15) is 0 Å². The standard InChI is InChI=1S/2C16H35O2P.Cr/c2*1-5-7-9-11-13-15(3)19(17,18)16(4)14-12-10-8-6-2;/h2*15-16H,5-14H2,1-4H3,(H,17,18);/q;;+2/p-2. The van der Waals surface area contributed by atoms with Crippen LogP contribution in [0.5, 0.6) is 0 Å². The summed E-state index contributed by atoms with van der Waals surface area (Å²) >= 11 is 0. The van der Waals surface area contributed by atoms with E-state index in [1.807, 2.05) is 27.7 Å². The molecule has 0 saturated heterocycles. The number of unbranched alkanes of at least 4 members (excludes halogenated alkanes) is 12. The van der Waals surface area contributed by atoms with Crippen molar-refractivity contribution in [2.75, 3.05) is 0 Å². The van der Waals surface area contributed by atoms with E-state index < -0.39 is 14.7 Å². The van der Waals surface area contributed by atoms with Crippen LogP contribution in [0.3, 0.4) is 0 Å². The molecular weight excluding hydrogens is 562 g/mol. The monoisotopic (exact) mass is 630 g/mol. The molecule has 0 heterocycles. The predicted octanol–water partition coefficient (Wildman–Crippen LogP) is 10.7. The maximum absolute atomic E-state index is 12.4. The molecule has 0 saturated carbocycles. The van der Waals surface area contributed by atoms with Gasteiger partial charge in [-0.05, 0) is 48.3 Å². The zero-order chi connectivity index (χ0) is 29.5. The maximum atomic E-state index is 12.4. The molecule has 0 rings (SSSR count). The largest absolute Gasteiger partial charge is 2.00 e. The maximum Gasteiger partial charge on any atom is 2.00 e. The molecule has 0 spiro atoms. The van der Waals surface area contributed by atoms with E-state index in [1.54, 1.807) is 0 Å². The first kappa shape index (κ1) is 44.4. The van der Waals surface area contributed by atoms with Gasteiger partial charge in [0.15, 0.2) is 0 Å². The van der Waals surface area contributed by atoms with Crippen LogP contribution >= 0.6 is 14.7 Å².